The Morgan fingerprint density at radius 3 is 2.41 bits per heavy atom. The number of H-pyrrole nitrogens is 1. The molecule has 8 heteroatoms. The zero-order valence-corrected chi connectivity index (χ0v) is 15.3. The summed E-state index contributed by atoms with van der Waals surface area (Å²) in [6.07, 6.45) is -3.04. The number of aromatic amines is 1. The topological polar surface area (TPSA) is 71.2 Å². The molecule has 0 bridgehead atoms. The molecule has 1 heterocycles. The number of benzene rings is 2. The molecule has 2 aromatic carbocycles. The van der Waals surface area contributed by atoms with E-state index >= 15 is 0 Å². The minimum Gasteiger partial charge on any atom is -0.497 e. The Morgan fingerprint density at radius 2 is 1.76 bits per heavy atom. The van der Waals surface area contributed by atoms with Crippen molar-refractivity contribution >= 4 is 11.7 Å². The molecular weight excluding hydrogens is 385 g/mol. The highest BCUT2D eigenvalue weighted by Gasteiger charge is 2.30. The standard InChI is InChI=1S/C21H17F3N2O3/c1-29-17-7-5-14(6-8-17)19(27)15-10-18(25-12-15)20(28)26-11-13-3-2-4-16(9-13)21(22,23)24/h2-10,12,25H,11H2,1H3,(H,26,28). The van der Waals surface area contributed by atoms with Crippen LogP contribution < -0.4 is 10.1 Å². The number of amides is 1. The van der Waals surface area contributed by atoms with E-state index in [0.29, 0.717) is 22.4 Å². The molecule has 29 heavy (non-hydrogen) atoms. The van der Waals surface area contributed by atoms with Gasteiger partial charge in [0.15, 0.2) is 5.78 Å². The van der Waals surface area contributed by atoms with E-state index in [0.717, 1.165) is 12.1 Å². The lowest BCUT2D eigenvalue weighted by molar-refractivity contribution is -0.137. The summed E-state index contributed by atoms with van der Waals surface area (Å²) < 4.78 is 43.3. The van der Waals surface area contributed by atoms with Crippen LogP contribution in [-0.4, -0.2) is 23.8 Å². The Labute approximate surface area is 164 Å². The van der Waals surface area contributed by atoms with E-state index in [9.17, 15) is 22.8 Å². The second-order valence-corrected chi connectivity index (χ2v) is 6.24. The van der Waals surface area contributed by atoms with Crippen LogP contribution in [0.5, 0.6) is 5.75 Å². The Kier molecular flexibility index (Phi) is 5.72. The maximum atomic E-state index is 12.8. The lowest BCUT2D eigenvalue weighted by Crippen LogP contribution is -2.23. The first kappa shape index (κ1) is 20.2. The van der Waals surface area contributed by atoms with Crippen LogP contribution >= 0.6 is 0 Å². The van der Waals surface area contributed by atoms with E-state index in [4.69, 9.17) is 4.74 Å². The zero-order valence-electron chi connectivity index (χ0n) is 15.3. The van der Waals surface area contributed by atoms with Crippen LogP contribution in [0.1, 0.15) is 37.5 Å². The number of methoxy groups -OCH3 is 1. The number of halogens is 3. The number of aromatic nitrogens is 1. The molecule has 3 aromatic rings. The van der Waals surface area contributed by atoms with Crippen LogP contribution in [0.15, 0.2) is 60.8 Å². The summed E-state index contributed by atoms with van der Waals surface area (Å²) in [5, 5.41) is 2.54. The maximum absolute atomic E-state index is 12.8. The van der Waals surface area contributed by atoms with Gasteiger partial charge in [0.2, 0.25) is 0 Å². The van der Waals surface area contributed by atoms with E-state index in [1.54, 1.807) is 24.3 Å². The van der Waals surface area contributed by atoms with E-state index in [-0.39, 0.29) is 18.0 Å². The summed E-state index contributed by atoms with van der Waals surface area (Å²) in [5.41, 5.74) is 0.389. The van der Waals surface area contributed by atoms with Gasteiger partial charge >= 0.3 is 6.18 Å². The average Bonchev–Trinajstić information content (AvgIpc) is 3.21. The highest BCUT2D eigenvalue weighted by molar-refractivity contribution is 6.10. The predicted octanol–water partition coefficient (Wildman–Crippen LogP) is 4.20. The Balaban J connectivity index is 1.65. The quantitative estimate of drug-likeness (QED) is 0.607. The largest absolute Gasteiger partial charge is 0.497 e. The number of ketones is 1. The molecule has 1 aromatic heterocycles. The molecule has 5 nitrogen and oxygen atoms in total. The first-order valence-corrected chi connectivity index (χ1v) is 8.59. The van der Waals surface area contributed by atoms with Gasteiger partial charge in [-0.05, 0) is 48.0 Å². The second-order valence-electron chi connectivity index (χ2n) is 6.24. The first-order valence-electron chi connectivity index (χ1n) is 8.59. The average molecular weight is 402 g/mol. The first-order chi connectivity index (χ1) is 13.8. The second kappa shape index (κ2) is 8.22. The van der Waals surface area contributed by atoms with Crippen LogP contribution in [-0.2, 0) is 12.7 Å². The zero-order chi connectivity index (χ0) is 21.0. The number of ether oxygens (including phenoxy) is 1. The molecular formula is C21H17F3N2O3. The smallest absolute Gasteiger partial charge is 0.416 e. The van der Waals surface area contributed by atoms with E-state index in [1.165, 1.54) is 31.5 Å². The maximum Gasteiger partial charge on any atom is 0.416 e. The van der Waals surface area contributed by atoms with Crippen molar-refractivity contribution in [1.29, 1.82) is 0 Å². The minimum absolute atomic E-state index is 0.0798. The van der Waals surface area contributed by atoms with Crippen LogP contribution in [0, 0.1) is 0 Å². The monoisotopic (exact) mass is 402 g/mol. The number of carbonyl (C=O) groups excluding carboxylic acids is 2. The van der Waals surface area contributed by atoms with Gasteiger partial charge in [-0.25, -0.2) is 0 Å². The molecule has 0 fully saturated rings. The van der Waals surface area contributed by atoms with E-state index < -0.39 is 17.6 Å². The van der Waals surface area contributed by atoms with Gasteiger partial charge in [-0.1, -0.05) is 12.1 Å². The van der Waals surface area contributed by atoms with Crippen molar-refractivity contribution in [1.82, 2.24) is 10.3 Å². The molecule has 2 N–H and O–H groups in total. The number of alkyl halides is 3. The summed E-state index contributed by atoms with van der Waals surface area (Å²) in [6.45, 7) is -0.0798. The Hall–Kier alpha value is -3.55. The van der Waals surface area contributed by atoms with E-state index in [2.05, 4.69) is 10.3 Å². The summed E-state index contributed by atoms with van der Waals surface area (Å²) in [7, 11) is 1.52. The molecule has 0 saturated heterocycles. The fourth-order valence-corrected chi connectivity index (χ4v) is 2.70. The molecule has 0 saturated carbocycles. The van der Waals surface area contributed by atoms with E-state index in [1.807, 2.05) is 0 Å². The number of rotatable bonds is 6. The van der Waals surface area contributed by atoms with Gasteiger partial charge in [-0.3, -0.25) is 9.59 Å². The van der Waals surface area contributed by atoms with Crippen molar-refractivity contribution in [2.24, 2.45) is 0 Å². The van der Waals surface area contributed by atoms with Gasteiger partial charge < -0.3 is 15.0 Å². The van der Waals surface area contributed by atoms with Crippen molar-refractivity contribution in [2.45, 2.75) is 12.7 Å². The SMILES string of the molecule is COc1ccc(C(=O)c2c[nH]c(C(=O)NCc3cccc(C(F)(F)F)c3)c2)cc1. The lowest BCUT2D eigenvalue weighted by atomic mass is 10.1. The number of hydrogen-bond donors (Lipinski definition) is 2. The van der Waals surface area contributed by atoms with Crippen LogP contribution in [0.4, 0.5) is 13.2 Å². The fourth-order valence-electron chi connectivity index (χ4n) is 2.70. The van der Waals surface area contributed by atoms with Crippen LogP contribution in [0.25, 0.3) is 0 Å². The van der Waals surface area contributed by atoms with Crippen LogP contribution in [0.3, 0.4) is 0 Å². The van der Waals surface area contributed by atoms with Gasteiger partial charge in [-0.2, -0.15) is 13.2 Å². The molecule has 0 aliphatic rings. The third-order valence-corrected chi connectivity index (χ3v) is 4.25. The lowest BCUT2D eigenvalue weighted by Gasteiger charge is -2.09. The number of hydrogen-bond acceptors (Lipinski definition) is 3. The highest BCUT2D eigenvalue weighted by Crippen LogP contribution is 2.29. The predicted molar refractivity (Wildman–Crippen MR) is 99.8 cm³/mol. The number of carbonyl (C=O) groups is 2. The highest BCUT2D eigenvalue weighted by atomic mass is 19.4. The van der Waals surface area contributed by atoms with Gasteiger partial charge in [0.25, 0.3) is 5.91 Å². The summed E-state index contributed by atoms with van der Waals surface area (Å²) in [5.74, 6) is -0.192. The van der Waals surface area contributed by atoms with Crippen molar-refractivity contribution in [3.63, 3.8) is 0 Å². The van der Waals surface area contributed by atoms with Crippen molar-refractivity contribution in [3.8, 4) is 5.75 Å². The molecule has 1 amide bonds. The fraction of sp³-hybridized carbons (Fsp3) is 0.143. The molecule has 0 atom stereocenters. The van der Waals surface area contributed by atoms with Gasteiger partial charge in [0, 0.05) is 23.9 Å². The number of nitrogens with one attached hydrogen (secondary N) is 2. The summed E-state index contributed by atoms with van der Waals surface area (Å²) >= 11 is 0. The Bertz CT molecular complexity index is 1020. The molecule has 0 radical (unpaired) electrons. The molecule has 0 unspecified atom stereocenters. The van der Waals surface area contributed by atoms with Crippen molar-refractivity contribution < 1.29 is 27.5 Å². The molecule has 0 aliphatic heterocycles. The molecule has 0 spiro atoms. The molecule has 3 rings (SSSR count). The van der Waals surface area contributed by atoms with Crippen molar-refractivity contribution in [3.05, 3.63) is 88.7 Å². The normalized spacial score (nSPS) is 11.2. The van der Waals surface area contributed by atoms with Crippen LogP contribution in [0.2, 0.25) is 0 Å². The summed E-state index contributed by atoms with van der Waals surface area (Å²) in [4.78, 5) is 27.5. The van der Waals surface area contributed by atoms with Gasteiger partial charge in [-0.15, -0.1) is 0 Å². The van der Waals surface area contributed by atoms with Gasteiger partial charge in [0.05, 0.1) is 12.7 Å². The molecule has 150 valence electrons. The molecule has 0 aliphatic carbocycles. The van der Waals surface area contributed by atoms with Crippen molar-refractivity contribution in [2.75, 3.05) is 7.11 Å². The Morgan fingerprint density at radius 1 is 1.03 bits per heavy atom. The third kappa shape index (κ3) is 4.84. The minimum atomic E-state index is -4.45. The summed E-state index contributed by atoms with van der Waals surface area (Å²) in [6, 6.07) is 12.6. The van der Waals surface area contributed by atoms with Gasteiger partial charge in [0.1, 0.15) is 11.4 Å². The third-order valence-electron chi connectivity index (χ3n) is 4.25.